The van der Waals surface area contributed by atoms with Crippen LogP contribution in [0.15, 0.2) is 4.90 Å². The van der Waals surface area contributed by atoms with Crippen molar-refractivity contribution in [3.8, 4) is 0 Å². The van der Waals surface area contributed by atoms with Crippen molar-refractivity contribution in [2.45, 2.75) is 46.4 Å². The van der Waals surface area contributed by atoms with Crippen LogP contribution in [-0.4, -0.2) is 32.5 Å². The topological polar surface area (TPSA) is 88.3 Å². The highest BCUT2D eigenvalue weighted by Crippen LogP contribution is 2.24. The molecule has 2 N–H and O–H groups in total. The highest BCUT2D eigenvalue weighted by molar-refractivity contribution is 7.89. The molecule has 0 aliphatic carbocycles. The molecule has 0 saturated carbocycles. The Morgan fingerprint density at radius 3 is 2.33 bits per heavy atom. The number of aromatic amines is 1. The number of nitrogens with one attached hydrogen (secondary N) is 2. The van der Waals surface area contributed by atoms with Gasteiger partial charge >= 0.3 is 5.97 Å². The number of aromatic nitrogens is 1. The van der Waals surface area contributed by atoms with Crippen molar-refractivity contribution in [3.63, 3.8) is 0 Å². The van der Waals surface area contributed by atoms with Crippen molar-refractivity contribution in [3.05, 3.63) is 17.0 Å². The van der Waals surface area contributed by atoms with Gasteiger partial charge in [-0.05, 0) is 26.2 Å². The minimum atomic E-state index is -3.67. The predicted octanol–water partition coefficient (Wildman–Crippen LogP) is 2.13. The third kappa shape index (κ3) is 4.31. The molecule has 1 aromatic heterocycles. The molecule has 1 rings (SSSR count). The molecule has 0 aliphatic rings. The standard InChI is InChI=1S/C14H24N2O4S/c1-7-20-13(17)11-9(2)12(10(3)16-11)21(18,19)15-8-14(4,5)6/h15-16H,7-8H2,1-6H3. The lowest BCUT2D eigenvalue weighted by atomic mass is 9.98. The van der Waals surface area contributed by atoms with Crippen molar-refractivity contribution in [2.75, 3.05) is 13.2 Å². The molecule has 0 fully saturated rings. The van der Waals surface area contributed by atoms with Gasteiger partial charge < -0.3 is 9.72 Å². The number of sulfonamides is 1. The highest BCUT2D eigenvalue weighted by atomic mass is 32.2. The second-order valence-corrected chi connectivity index (χ2v) is 7.89. The van der Waals surface area contributed by atoms with Gasteiger partial charge in [0.1, 0.15) is 10.6 Å². The van der Waals surface area contributed by atoms with E-state index >= 15 is 0 Å². The van der Waals surface area contributed by atoms with Gasteiger partial charge in [-0.2, -0.15) is 0 Å². The third-order valence-electron chi connectivity index (χ3n) is 2.91. The molecular formula is C14H24N2O4S. The Morgan fingerprint density at radius 1 is 1.29 bits per heavy atom. The molecule has 0 radical (unpaired) electrons. The quantitative estimate of drug-likeness (QED) is 0.815. The molecule has 0 aliphatic heterocycles. The number of aryl methyl sites for hydroxylation is 1. The minimum absolute atomic E-state index is 0.120. The Hall–Kier alpha value is -1.34. The third-order valence-corrected chi connectivity index (χ3v) is 4.58. The summed E-state index contributed by atoms with van der Waals surface area (Å²) in [5.74, 6) is -0.546. The molecule has 0 amide bonds. The van der Waals surface area contributed by atoms with E-state index in [2.05, 4.69) is 9.71 Å². The van der Waals surface area contributed by atoms with Crippen LogP contribution in [-0.2, 0) is 14.8 Å². The average molecular weight is 316 g/mol. The molecule has 1 aromatic rings. The van der Waals surface area contributed by atoms with Crippen LogP contribution in [0.5, 0.6) is 0 Å². The first-order valence-electron chi connectivity index (χ1n) is 6.85. The van der Waals surface area contributed by atoms with E-state index in [1.165, 1.54) is 0 Å². The number of ether oxygens (including phenoxy) is 1. The van der Waals surface area contributed by atoms with Crippen LogP contribution in [0.1, 0.15) is 49.4 Å². The number of H-pyrrole nitrogens is 1. The Kier molecular flexibility index (Phi) is 5.22. The normalized spacial score (nSPS) is 12.5. The molecule has 21 heavy (non-hydrogen) atoms. The molecule has 1 heterocycles. The molecule has 0 unspecified atom stereocenters. The summed E-state index contributed by atoms with van der Waals surface area (Å²) < 4.78 is 32.4. The SMILES string of the molecule is CCOC(=O)c1[nH]c(C)c(S(=O)(=O)NCC(C)(C)C)c1C. The maximum absolute atomic E-state index is 12.4. The lowest BCUT2D eigenvalue weighted by Crippen LogP contribution is -2.32. The van der Waals surface area contributed by atoms with E-state index in [-0.39, 0.29) is 22.6 Å². The summed E-state index contributed by atoms with van der Waals surface area (Å²) in [5.41, 5.74) is 0.824. The molecular weight excluding hydrogens is 292 g/mol. The number of hydrogen-bond donors (Lipinski definition) is 2. The maximum atomic E-state index is 12.4. The Balaban J connectivity index is 3.16. The second kappa shape index (κ2) is 6.19. The first-order chi connectivity index (χ1) is 9.49. The van der Waals surface area contributed by atoms with Gasteiger partial charge in [-0.25, -0.2) is 17.9 Å². The summed E-state index contributed by atoms with van der Waals surface area (Å²) in [7, 11) is -3.67. The van der Waals surface area contributed by atoms with Crippen LogP contribution in [0.2, 0.25) is 0 Å². The van der Waals surface area contributed by atoms with Crippen LogP contribution in [0.4, 0.5) is 0 Å². The van der Waals surface area contributed by atoms with Crippen molar-refractivity contribution >= 4 is 16.0 Å². The van der Waals surface area contributed by atoms with E-state index in [9.17, 15) is 13.2 Å². The van der Waals surface area contributed by atoms with Gasteiger partial charge in [0.15, 0.2) is 0 Å². The molecule has 0 saturated heterocycles. The van der Waals surface area contributed by atoms with Gasteiger partial charge in [0.25, 0.3) is 0 Å². The summed E-state index contributed by atoms with van der Waals surface area (Å²) in [4.78, 5) is 14.7. The largest absolute Gasteiger partial charge is 0.461 e. The summed E-state index contributed by atoms with van der Waals surface area (Å²) in [6.45, 7) is 11.3. The number of rotatable bonds is 5. The summed E-state index contributed by atoms with van der Waals surface area (Å²) in [6, 6.07) is 0. The molecule has 0 bridgehead atoms. The Bertz CT molecular complexity index is 624. The van der Waals surface area contributed by atoms with E-state index in [0.29, 0.717) is 17.8 Å². The fourth-order valence-electron chi connectivity index (χ4n) is 1.93. The van der Waals surface area contributed by atoms with Crippen molar-refractivity contribution in [2.24, 2.45) is 5.41 Å². The Labute approximate surface area is 126 Å². The molecule has 120 valence electrons. The van der Waals surface area contributed by atoms with Gasteiger partial charge in [-0.3, -0.25) is 0 Å². The lowest BCUT2D eigenvalue weighted by Gasteiger charge is -2.19. The van der Waals surface area contributed by atoms with Gasteiger partial charge in [0.2, 0.25) is 10.0 Å². The van der Waals surface area contributed by atoms with Crippen molar-refractivity contribution in [1.29, 1.82) is 0 Å². The summed E-state index contributed by atoms with van der Waals surface area (Å²) in [6.07, 6.45) is 0. The van der Waals surface area contributed by atoms with Gasteiger partial charge in [-0.1, -0.05) is 20.8 Å². The van der Waals surface area contributed by atoms with Crippen molar-refractivity contribution < 1.29 is 17.9 Å². The van der Waals surface area contributed by atoms with E-state index in [1.54, 1.807) is 20.8 Å². The summed E-state index contributed by atoms with van der Waals surface area (Å²) in [5, 5.41) is 0. The predicted molar refractivity (Wildman–Crippen MR) is 80.9 cm³/mol. The van der Waals surface area contributed by atoms with Crippen LogP contribution in [0.3, 0.4) is 0 Å². The highest BCUT2D eigenvalue weighted by Gasteiger charge is 2.28. The van der Waals surface area contributed by atoms with Crippen LogP contribution < -0.4 is 4.72 Å². The van der Waals surface area contributed by atoms with Gasteiger partial charge in [-0.15, -0.1) is 0 Å². The molecule has 6 nitrogen and oxygen atoms in total. The zero-order valence-corrected chi connectivity index (χ0v) is 14.3. The zero-order chi connectivity index (χ0) is 16.4. The smallest absolute Gasteiger partial charge is 0.355 e. The zero-order valence-electron chi connectivity index (χ0n) is 13.5. The molecule has 0 atom stereocenters. The van der Waals surface area contributed by atoms with Gasteiger partial charge in [0, 0.05) is 17.8 Å². The van der Waals surface area contributed by atoms with E-state index in [0.717, 1.165) is 0 Å². The lowest BCUT2D eigenvalue weighted by molar-refractivity contribution is 0.0519. The van der Waals surface area contributed by atoms with Crippen molar-refractivity contribution in [1.82, 2.24) is 9.71 Å². The maximum Gasteiger partial charge on any atom is 0.355 e. The van der Waals surface area contributed by atoms with Gasteiger partial charge in [0.05, 0.1) is 6.61 Å². The minimum Gasteiger partial charge on any atom is -0.461 e. The average Bonchev–Trinajstić information content (AvgIpc) is 2.62. The first kappa shape index (κ1) is 17.7. The van der Waals surface area contributed by atoms with E-state index in [4.69, 9.17) is 4.74 Å². The molecule has 7 heteroatoms. The van der Waals surface area contributed by atoms with Crippen LogP contribution in [0.25, 0.3) is 0 Å². The van der Waals surface area contributed by atoms with E-state index < -0.39 is 16.0 Å². The second-order valence-electron chi connectivity index (χ2n) is 6.18. The van der Waals surface area contributed by atoms with Crippen LogP contribution in [0, 0.1) is 19.3 Å². The number of hydrogen-bond acceptors (Lipinski definition) is 4. The number of carbonyl (C=O) groups excluding carboxylic acids is 1. The molecule has 0 aromatic carbocycles. The number of carbonyl (C=O) groups is 1. The monoisotopic (exact) mass is 316 g/mol. The van der Waals surface area contributed by atoms with Crippen LogP contribution >= 0.6 is 0 Å². The summed E-state index contributed by atoms with van der Waals surface area (Å²) >= 11 is 0. The first-order valence-corrected chi connectivity index (χ1v) is 8.34. The fraction of sp³-hybridized carbons (Fsp3) is 0.643. The fourth-order valence-corrected chi connectivity index (χ4v) is 3.65. The van der Waals surface area contributed by atoms with E-state index in [1.807, 2.05) is 20.8 Å². The number of esters is 1. The Morgan fingerprint density at radius 2 is 1.86 bits per heavy atom. The molecule has 0 spiro atoms.